The third-order valence-electron chi connectivity index (χ3n) is 2.45. The van der Waals surface area contributed by atoms with Crippen LogP contribution in [0.5, 0.6) is 0 Å². The maximum Gasteiger partial charge on any atom is 0.251 e. The summed E-state index contributed by atoms with van der Waals surface area (Å²) in [6.07, 6.45) is 3.32. The standard InChI is InChI=1S/C12H12FN3O/c1-8-2-3-10(13)4-11(8)12(17)14-5-9-6-15-16-7-9/h2-4,6-7H,5H2,1H3,(H,14,17)(H,15,16). The molecule has 0 spiro atoms. The van der Waals surface area contributed by atoms with Gasteiger partial charge in [-0.3, -0.25) is 9.89 Å². The molecule has 2 rings (SSSR count). The van der Waals surface area contributed by atoms with Crippen LogP contribution in [0.4, 0.5) is 4.39 Å². The van der Waals surface area contributed by atoms with Crippen LogP contribution in [0.25, 0.3) is 0 Å². The molecule has 0 saturated carbocycles. The number of rotatable bonds is 3. The highest BCUT2D eigenvalue weighted by Crippen LogP contribution is 2.10. The van der Waals surface area contributed by atoms with Crippen LogP contribution in [0, 0.1) is 12.7 Å². The Bertz CT molecular complexity index is 523. The predicted octanol–water partition coefficient (Wildman–Crippen LogP) is 1.79. The molecular weight excluding hydrogens is 221 g/mol. The molecule has 0 unspecified atom stereocenters. The number of hydrogen-bond donors (Lipinski definition) is 2. The average Bonchev–Trinajstić information content (AvgIpc) is 2.82. The topological polar surface area (TPSA) is 57.8 Å². The molecule has 1 heterocycles. The van der Waals surface area contributed by atoms with Gasteiger partial charge in [0.05, 0.1) is 6.20 Å². The minimum atomic E-state index is -0.413. The summed E-state index contributed by atoms with van der Waals surface area (Å²) in [5.74, 6) is -0.702. The summed E-state index contributed by atoms with van der Waals surface area (Å²) in [7, 11) is 0. The molecule has 0 aliphatic rings. The number of H-pyrrole nitrogens is 1. The number of aromatic nitrogens is 2. The van der Waals surface area contributed by atoms with Crippen molar-refractivity contribution in [3.63, 3.8) is 0 Å². The monoisotopic (exact) mass is 233 g/mol. The van der Waals surface area contributed by atoms with Gasteiger partial charge in [-0.25, -0.2) is 4.39 Å². The van der Waals surface area contributed by atoms with Gasteiger partial charge >= 0.3 is 0 Å². The van der Waals surface area contributed by atoms with Gasteiger partial charge in [-0.15, -0.1) is 0 Å². The summed E-state index contributed by atoms with van der Waals surface area (Å²) >= 11 is 0. The molecule has 4 nitrogen and oxygen atoms in total. The van der Waals surface area contributed by atoms with E-state index in [-0.39, 0.29) is 5.91 Å². The molecule has 1 aromatic carbocycles. The predicted molar refractivity (Wildman–Crippen MR) is 60.9 cm³/mol. The number of benzene rings is 1. The highest BCUT2D eigenvalue weighted by Gasteiger charge is 2.09. The van der Waals surface area contributed by atoms with Crippen molar-refractivity contribution >= 4 is 5.91 Å². The SMILES string of the molecule is Cc1ccc(F)cc1C(=O)NCc1cn[nH]c1. The fourth-order valence-electron chi connectivity index (χ4n) is 1.49. The van der Waals surface area contributed by atoms with Crippen LogP contribution in [-0.4, -0.2) is 16.1 Å². The Morgan fingerprint density at radius 1 is 1.53 bits per heavy atom. The Balaban J connectivity index is 2.07. The fraction of sp³-hybridized carbons (Fsp3) is 0.167. The molecule has 0 aliphatic carbocycles. The third-order valence-corrected chi connectivity index (χ3v) is 2.45. The van der Waals surface area contributed by atoms with Gasteiger partial charge in [-0.05, 0) is 24.6 Å². The van der Waals surface area contributed by atoms with Gasteiger partial charge in [0.1, 0.15) is 5.82 Å². The number of aryl methyl sites for hydroxylation is 1. The molecule has 0 bridgehead atoms. The van der Waals surface area contributed by atoms with E-state index in [4.69, 9.17) is 0 Å². The zero-order chi connectivity index (χ0) is 12.3. The van der Waals surface area contributed by atoms with Crippen LogP contribution in [0.15, 0.2) is 30.6 Å². The average molecular weight is 233 g/mol. The van der Waals surface area contributed by atoms with E-state index in [2.05, 4.69) is 15.5 Å². The normalized spacial score (nSPS) is 10.2. The highest BCUT2D eigenvalue weighted by atomic mass is 19.1. The van der Waals surface area contributed by atoms with Gasteiger partial charge in [-0.2, -0.15) is 5.10 Å². The molecule has 2 aromatic rings. The minimum Gasteiger partial charge on any atom is -0.348 e. The molecule has 0 radical (unpaired) electrons. The number of nitrogens with one attached hydrogen (secondary N) is 2. The van der Waals surface area contributed by atoms with Crippen LogP contribution >= 0.6 is 0 Å². The van der Waals surface area contributed by atoms with E-state index in [1.54, 1.807) is 25.4 Å². The van der Waals surface area contributed by atoms with Crippen molar-refractivity contribution in [1.29, 1.82) is 0 Å². The Morgan fingerprint density at radius 2 is 2.35 bits per heavy atom. The number of carbonyl (C=O) groups is 1. The molecule has 0 atom stereocenters. The van der Waals surface area contributed by atoms with E-state index in [0.717, 1.165) is 11.1 Å². The van der Waals surface area contributed by atoms with Gasteiger partial charge in [-0.1, -0.05) is 6.07 Å². The number of carbonyl (C=O) groups excluding carboxylic acids is 1. The first-order valence-corrected chi connectivity index (χ1v) is 5.19. The molecule has 0 aliphatic heterocycles. The van der Waals surface area contributed by atoms with Crippen molar-refractivity contribution in [3.8, 4) is 0 Å². The molecule has 17 heavy (non-hydrogen) atoms. The van der Waals surface area contributed by atoms with Gasteiger partial charge in [0.25, 0.3) is 5.91 Å². The Hall–Kier alpha value is -2.17. The Morgan fingerprint density at radius 3 is 3.06 bits per heavy atom. The minimum absolute atomic E-state index is 0.289. The lowest BCUT2D eigenvalue weighted by molar-refractivity contribution is 0.0950. The van der Waals surface area contributed by atoms with E-state index >= 15 is 0 Å². The maximum absolute atomic E-state index is 13.0. The van der Waals surface area contributed by atoms with E-state index in [9.17, 15) is 9.18 Å². The van der Waals surface area contributed by atoms with Gasteiger partial charge in [0, 0.05) is 23.9 Å². The van der Waals surface area contributed by atoms with Gasteiger partial charge in [0.15, 0.2) is 0 Å². The molecule has 5 heteroatoms. The first kappa shape index (κ1) is 11.3. The summed E-state index contributed by atoms with van der Waals surface area (Å²) in [6, 6.07) is 4.16. The first-order chi connectivity index (χ1) is 8.16. The highest BCUT2D eigenvalue weighted by molar-refractivity contribution is 5.95. The van der Waals surface area contributed by atoms with Gasteiger partial charge in [0.2, 0.25) is 0 Å². The number of hydrogen-bond acceptors (Lipinski definition) is 2. The summed E-state index contributed by atoms with van der Waals surface area (Å²) in [6.45, 7) is 2.14. The summed E-state index contributed by atoms with van der Waals surface area (Å²) in [4.78, 5) is 11.8. The lowest BCUT2D eigenvalue weighted by atomic mass is 10.1. The number of halogens is 1. The van der Waals surface area contributed by atoms with Crippen LogP contribution in [0.3, 0.4) is 0 Å². The summed E-state index contributed by atoms with van der Waals surface area (Å²) in [5.41, 5.74) is 1.97. The first-order valence-electron chi connectivity index (χ1n) is 5.19. The lowest BCUT2D eigenvalue weighted by Gasteiger charge is -2.06. The van der Waals surface area contributed by atoms with Crippen molar-refractivity contribution in [1.82, 2.24) is 15.5 Å². The van der Waals surface area contributed by atoms with Crippen LogP contribution in [0.2, 0.25) is 0 Å². The second-order valence-corrected chi connectivity index (χ2v) is 3.75. The maximum atomic E-state index is 13.0. The van der Waals surface area contributed by atoms with Crippen molar-refractivity contribution in [2.24, 2.45) is 0 Å². The fourth-order valence-corrected chi connectivity index (χ4v) is 1.49. The molecular formula is C12H12FN3O. The largest absolute Gasteiger partial charge is 0.348 e. The number of nitrogens with zero attached hydrogens (tertiary/aromatic N) is 1. The van der Waals surface area contributed by atoms with Crippen molar-refractivity contribution in [3.05, 3.63) is 53.1 Å². The zero-order valence-electron chi connectivity index (χ0n) is 9.33. The summed E-state index contributed by atoms with van der Waals surface area (Å²) in [5, 5.41) is 9.12. The molecule has 0 fully saturated rings. The van der Waals surface area contributed by atoms with Crippen molar-refractivity contribution in [2.75, 3.05) is 0 Å². The molecule has 88 valence electrons. The molecule has 1 aromatic heterocycles. The van der Waals surface area contributed by atoms with Crippen molar-refractivity contribution in [2.45, 2.75) is 13.5 Å². The van der Waals surface area contributed by atoms with E-state index in [1.807, 2.05) is 0 Å². The van der Waals surface area contributed by atoms with Crippen LogP contribution in [0.1, 0.15) is 21.5 Å². The van der Waals surface area contributed by atoms with Gasteiger partial charge < -0.3 is 5.32 Å². The van der Waals surface area contributed by atoms with Crippen LogP contribution in [-0.2, 0) is 6.54 Å². The summed E-state index contributed by atoms with van der Waals surface area (Å²) < 4.78 is 13.0. The van der Waals surface area contributed by atoms with Crippen molar-refractivity contribution < 1.29 is 9.18 Å². The second-order valence-electron chi connectivity index (χ2n) is 3.75. The van der Waals surface area contributed by atoms with Crippen LogP contribution < -0.4 is 5.32 Å². The quantitative estimate of drug-likeness (QED) is 0.849. The zero-order valence-corrected chi connectivity index (χ0v) is 9.33. The smallest absolute Gasteiger partial charge is 0.251 e. The Labute approximate surface area is 97.9 Å². The number of amides is 1. The third kappa shape index (κ3) is 2.69. The Kier molecular flexibility index (Phi) is 3.18. The molecule has 0 saturated heterocycles. The molecule has 1 amide bonds. The van der Waals surface area contributed by atoms with E-state index in [0.29, 0.717) is 12.1 Å². The van der Waals surface area contributed by atoms with E-state index in [1.165, 1.54) is 12.1 Å². The van der Waals surface area contributed by atoms with E-state index < -0.39 is 5.82 Å². The molecule has 2 N–H and O–H groups in total. The number of aromatic amines is 1. The second kappa shape index (κ2) is 4.78. The lowest BCUT2D eigenvalue weighted by Crippen LogP contribution is -2.23.